The van der Waals surface area contributed by atoms with Crippen LogP contribution in [-0.4, -0.2) is 46.9 Å². The van der Waals surface area contributed by atoms with Gasteiger partial charge >= 0.3 is 0 Å². The lowest BCUT2D eigenvalue weighted by Gasteiger charge is -2.38. The van der Waals surface area contributed by atoms with Gasteiger partial charge in [0.15, 0.2) is 0 Å². The quantitative estimate of drug-likeness (QED) is 0.864. The zero-order valence-corrected chi connectivity index (χ0v) is 13.3. The summed E-state index contributed by atoms with van der Waals surface area (Å²) in [5.74, 6) is 0.290. The van der Waals surface area contributed by atoms with Crippen molar-refractivity contribution in [3.05, 3.63) is 11.8 Å². The van der Waals surface area contributed by atoms with Crippen molar-refractivity contribution in [2.75, 3.05) is 13.1 Å². The maximum absolute atomic E-state index is 12.8. The van der Waals surface area contributed by atoms with Gasteiger partial charge in [0.05, 0.1) is 6.54 Å². The number of carbonyl (C=O) groups excluding carboxylic acids is 1. The lowest BCUT2D eigenvalue weighted by atomic mass is 9.98. The van der Waals surface area contributed by atoms with Gasteiger partial charge in [-0.2, -0.15) is 0 Å². The Labute approximate surface area is 128 Å². The molecule has 0 radical (unpaired) electrons. The van der Waals surface area contributed by atoms with Crippen molar-refractivity contribution in [1.82, 2.24) is 9.80 Å². The average molecular weight is 291 g/mol. The summed E-state index contributed by atoms with van der Waals surface area (Å²) in [4.78, 5) is 17.2. The van der Waals surface area contributed by atoms with Crippen LogP contribution in [0.1, 0.15) is 58.3 Å². The Balaban J connectivity index is 1.64. The minimum atomic E-state index is 0.290. The number of hydrogen-bond acceptors (Lipinski definition) is 3. The van der Waals surface area contributed by atoms with Crippen molar-refractivity contribution in [2.45, 2.75) is 76.4 Å². The summed E-state index contributed by atoms with van der Waals surface area (Å²) in [6, 6.07) is 1.43. The van der Waals surface area contributed by atoms with Crippen LogP contribution in [0, 0.1) is 0 Å². The number of amides is 1. The van der Waals surface area contributed by atoms with E-state index in [-0.39, 0.29) is 5.91 Å². The molecule has 0 aromatic carbocycles. The Hall–Kier alpha value is -0.870. The molecule has 2 unspecified atom stereocenters. The van der Waals surface area contributed by atoms with Crippen molar-refractivity contribution in [1.29, 1.82) is 0 Å². The lowest BCUT2D eigenvalue weighted by molar-refractivity contribution is -0.131. The first-order valence-corrected chi connectivity index (χ1v) is 8.69. The maximum Gasteiger partial charge on any atom is 0.240 e. The van der Waals surface area contributed by atoms with Gasteiger partial charge in [0.1, 0.15) is 0 Å². The average Bonchev–Trinajstić information content (AvgIpc) is 2.72. The van der Waals surface area contributed by atoms with Crippen LogP contribution in [0.2, 0.25) is 0 Å². The van der Waals surface area contributed by atoms with Crippen LogP contribution in [-0.2, 0) is 4.79 Å². The van der Waals surface area contributed by atoms with Gasteiger partial charge in [-0.05, 0) is 58.3 Å². The first-order chi connectivity index (χ1) is 10.2. The Kier molecular flexibility index (Phi) is 4.65. The van der Waals surface area contributed by atoms with Crippen LogP contribution < -0.4 is 5.73 Å². The Morgan fingerprint density at radius 1 is 1.33 bits per heavy atom. The molecule has 2 aliphatic heterocycles. The molecule has 0 aromatic heterocycles. The summed E-state index contributed by atoms with van der Waals surface area (Å²) >= 11 is 0. The van der Waals surface area contributed by atoms with Gasteiger partial charge < -0.3 is 10.6 Å². The maximum atomic E-state index is 12.8. The van der Waals surface area contributed by atoms with Crippen LogP contribution in [0.15, 0.2) is 11.8 Å². The molecule has 0 aromatic rings. The number of carbonyl (C=O) groups is 1. The van der Waals surface area contributed by atoms with Gasteiger partial charge in [-0.1, -0.05) is 6.08 Å². The van der Waals surface area contributed by atoms with Crippen LogP contribution in [0.3, 0.4) is 0 Å². The molecular formula is C17H29N3O. The summed E-state index contributed by atoms with van der Waals surface area (Å²) in [5.41, 5.74) is 7.38. The number of likely N-dealkylation sites (N-methyl/N-ethyl adjacent to an activating group) is 1. The van der Waals surface area contributed by atoms with E-state index < -0.39 is 0 Å². The number of hydrogen-bond donors (Lipinski definition) is 1. The van der Waals surface area contributed by atoms with E-state index in [1.54, 1.807) is 0 Å². The van der Waals surface area contributed by atoms with Crippen molar-refractivity contribution in [2.24, 2.45) is 5.73 Å². The monoisotopic (exact) mass is 291 g/mol. The van der Waals surface area contributed by atoms with Crippen LogP contribution in [0.5, 0.6) is 0 Å². The minimum Gasteiger partial charge on any atom is -0.328 e. The molecule has 0 saturated carbocycles. The summed E-state index contributed by atoms with van der Waals surface area (Å²) in [6.07, 6.45) is 11.5. The number of fused-ring (bicyclic) bond motifs is 2. The molecule has 3 rings (SSSR count). The Bertz CT molecular complexity index is 406. The molecule has 2 N–H and O–H groups in total. The number of piperidine rings is 1. The van der Waals surface area contributed by atoms with Gasteiger partial charge in [0.25, 0.3) is 0 Å². The van der Waals surface area contributed by atoms with E-state index in [0.29, 0.717) is 24.7 Å². The third-order valence-electron chi connectivity index (χ3n) is 5.47. The van der Waals surface area contributed by atoms with E-state index in [1.165, 1.54) is 31.4 Å². The van der Waals surface area contributed by atoms with Crippen molar-refractivity contribution in [3.63, 3.8) is 0 Å². The van der Waals surface area contributed by atoms with Gasteiger partial charge in [0, 0.05) is 30.4 Å². The zero-order valence-electron chi connectivity index (χ0n) is 13.3. The van der Waals surface area contributed by atoms with Crippen LogP contribution >= 0.6 is 0 Å². The molecule has 118 valence electrons. The molecule has 21 heavy (non-hydrogen) atoms. The fourth-order valence-electron chi connectivity index (χ4n) is 4.42. The standard InChI is InChI=1S/C17H29N3O/c1-2-19(14-6-4-3-5-7-14)17(21)12-20-15-8-9-16(20)11-13(18)10-15/h6,13,15-16H,2-5,7-12,18H2,1H3. The number of nitrogens with zero attached hydrogens (tertiary/aromatic N) is 2. The van der Waals surface area contributed by atoms with Crippen molar-refractivity contribution >= 4 is 5.91 Å². The van der Waals surface area contributed by atoms with E-state index in [0.717, 1.165) is 32.2 Å². The predicted octanol–water partition coefficient (Wildman–Crippen LogP) is 2.25. The van der Waals surface area contributed by atoms with Gasteiger partial charge in [-0.3, -0.25) is 9.69 Å². The fourth-order valence-corrected chi connectivity index (χ4v) is 4.42. The van der Waals surface area contributed by atoms with E-state index in [9.17, 15) is 4.79 Å². The van der Waals surface area contributed by atoms with Crippen LogP contribution in [0.25, 0.3) is 0 Å². The molecule has 1 amide bonds. The summed E-state index contributed by atoms with van der Waals surface area (Å²) < 4.78 is 0. The smallest absolute Gasteiger partial charge is 0.240 e. The second-order valence-corrected chi connectivity index (χ2v) is 6.87. The molecule has 0 spiro atoms. The van der Waals surface area contributed by atoms with E-state index in [4.69, 9.17) is 5.73 Å². The Morgan fingerprint density at radius 3 is 2.62 bits per heavy atom. The molecule has 2 fully saturated rings. The molecule has 3 aliphatic rings. The van der Waals surface area contributed by atoms with E-state index in [1.807, 2.05) is 4.90 Å². The second kappa shape index (κ2) is 6.49. The highest BCUT2D eigenvalue weighted by atomic mass is 16.2. The summed E-state index contributed by atoms with van der Waals surface area (Å²) in [6.45, 7) is 3.48. The predicted molar refractivity (Wildman–Crippen MR) is 84.7 cm³/mol. The molecule has 2 bridgehead atoms. The van der Waals surface area contributed by atoms with Crippen molar-refractivity contribution < 1.29 is 4.79 Å². The molecule has 1 aliphatic carbocycles. The zero-order chi connectivity index (χ0) is 14.8. The third-order valence-corrected chi connectivity index (χ3v) is 5.47. The Morgan fingerprint density at radius 2 is 2.05 bits per heavy atom. The molecule has 4 nitrogen and oxygen atoms in total. The van der Waals surface area contributed by atoms with Gasteiger partial charge in [-0.15, -0.1) is 0 Å². The van der Waals surface area contributed by atoms with Gasteiger partial charge in [0.2, 0.25) is 5.91 Å². The molecular weight excluding hydrogens is 262 g/mol. The minimum absolute atomic E-state index is 0.290. The first-order valence-electron chi connectivity index (χ1n) is 8.69. The topological polar surface area (TPSA) is 49.6 Å². The first kappa shape index (κ1) is 15.0. The summed E-state index contributed by atoms with van der Waals surface area (Å²) in [7, 11) is 0. The largest absolute Gasteiger partial charge is 0.328 e. The highest BCUT2D eigenvalue weighted by Gasteiger charge is 2.40. The van der Waals surface area contributed by atoms with E-state index in [2.05, 4.69) is 17.9 Å². The third kappa shape index (κ3) is 3.16. The van der Waals surface area contributed by atoms with Crippen LogP contribution in [0.4, 0.5) is 0 Å². The number of allylic oxidation sites excluding steroid dienone is 2. The molecule has 4 heteroatoms. The number of rotatable bonds is 4. The molecule has 2 heterocycles. The summed E-state index contributed by atoms with van der Waals surface area (Å²) in [5, 5.41) is 0. The second-order valence-electron chi connectivity index (χ2n) is 6.87. The molecule has 2 saturated heterocycles. The SMILES string of the molecule is CCN(C(=O)CN1C2CCC1CC(N)C2)C1=CCCCC1. The van der Waals surface area contributed by atoms with E-state index >= 15 is 0 Å². The fraction of sp³-hybridized carbons (Fsp3) is 0.824. The highest BCUT2D eigenvalue weighted by Crippen LogP contribution is 2.35. The van der Waals surface area contributed by atoms with Crippen molar-refractivity contribution in [3.8, 4) is 0 Å². The molecule has 2 atom stereocenters. The van der Waals surface area contributed by atoms with Gasteiger partial charge in [-0.25, -0.2) is 0 Å². The lowest BCUT2D eigenvalue weighted by Crippen LogP contribution is -2.51. The highest BCUT2D eigenvalue weighted by molar-refractivity contribution is 5.80. The number of nitrogens with two attached hydrogens (primary N) is 1. The normalized spacial score (nSPS) is 32.9.